The molecule has 4 heteroatoms. The first-order valence-electron chi connectivity index (χ1n) is 16.5. The molecule has 0 aromatic heterocycles. The molecule has 0 unspecified atom stereocenters. The summed E-state index contributed by atoms with van der Waals surface area (Å²) in [5, 5.41) is 0. The Morgan fingerprint density at radius 3 is 1.04 bits per heavy atom. The molecule has 0 amide bonds. The second kappa shape index (κ2) is 17.4. The Hall–Kier alpha value is -5.35. The Bertz CT molecular complexity index is 1610. The van der Waals surface area contributed by atoms with E-state index in [0.29, 0.717) is 5.56 Å². The molecule has 0 spiro atoms. The number of aldehydes is 1. The SMILES string of the molecule is CCCCOc1ccc(/C=C/c2ccc(N(c3ccc(C=O)cc3)c3ccc(/C=C/c4ccc(OCCCC)cc4)cc3)cc2)cc1. The van der Waals surface area contributed by atoms with Crippen molar-refractivity contribution < 1.29 is 14.3 Å². The number of benzene rings is 5. The number of unbranched alkanes of at least 4 members (excludes halogenated alkanes) is 2. The fourth-order valence-electron chi connectivity index (χ4n) is 5.02. The predicted molar refractivity (Wildman–Crippen MR) is 198 cm³/mol. The van der Waals surface area contributed by atoms with Crippen molar-refractivity contribution >= 4 is 47.7 Å². The van der Waals surface area contributed by atoms with Gasteiger partial charge in [-0.25, -0.2) is 0 Å². The molecule has 4 nitrogen and oxygen atoms in total. The van der Waals surface area contributed by atoms with Gasteiger partial charge in [0, 0.05) is 22.6 Å². The lowest BCUT2D eigenvalue weighted by atomic mass is 10.1. The van der Waals surface area contributed by atoms with Crippen molar-refractivity contribution in [1.82, 2.24) is 0 Å². The normalized spacial score (nSPS) is 11.2. The fourth-order valence-corrected chi connectivity index (χ4v) is 5.02. The van der Waals surface area contributed by atoms with Crippen LogP contribution in [0.2, 0.25) is 0 Å². The monoisotopic (exact) mass is 621 g/mol. The van der Waals surface area contributed by atoms with Gasteiger partial charge in [0.05, 0.1) is 13.2 Å². The van der Waals surface area contributed by atoms with Crippen LogP contribution in [0.15, 0.2) is 121 Å². The number of nitrogens with zero attached hydrogens (tertiary/aromatic N) is 1. The molecule has 0 saturated carbocycles. The number of rotatable bonds is 16. The maximum atomic E-state index is 11.3. The van der Waals surface area contributed by atoms with Gasteiger partial charge in [-0.3, -0.25) is 4.79 Å². The Morgan fingerprint density at radius 1 is 0.447 bits per heavy atom. The van der Waals surface area contributed by atoms with Crippen LogP contribution in [0.25, 0.3) is 24.3 Å². The second-order valence-corrected chi connectivity index (χ2v) is 11.4. The molecule has 0 N–H and O–H groups in total. The zero-order chi connectivity index (χ0) is 32.7. The maximum Gasteiger partial charge on any atom is 0.150 e. The number of hydrogen-bond donors (Lipinski definition) is 0. The molecule has 0 aliphatic heterocycles. The van der Waals surface area contributed by atoms with E-state index in [9.17, 15) is 4.79 Å². The Kier molecular flexibility index (Phi) is 12.2. The summed E-state index contributed by atoms with van der Waals surface area (Å²) in [6.45, 7) is 5.83. The average Bonchev–Trinajstić information content (AvgIpc) is 3.12. The maximum absolute atomic E-state index is 11.3. The predicted octanol–water partition coefficient (Wildman–Crippen LogP) is 11.7. The molecule has 0 bridgehead atoms. The van der Waals surface area contributed by atoms with Crippen molar-refractivity contribution in [3.8, 4) is 11.5 Å². The first-order valence-corrected chi connectivity index (χ1v) is 16.5. The molecule has 0 atom stereocenters. The summed E-state index contributed by atoms with van der Waals surface area (Å²) in [4.78, 5) is 13.5. The summed E-state index contributed by atoms with van der Waals surface area (Å²) < 4.78 is 11.6. The third kappa shape index (κ3) is 9.82. The van der Waals surface area contributed by atoms with Gasteiger partial charge >= 0.3 is 0 Å². The van der Waals surface area contributed by atoms with Crippen LogP contribution in [0.4, 0.5) is 17.1 Å². The van der Waals surface area contributed by atoms with Crippen LogP contribution in [0, 0.1) is 0 Å². The van der Waals surface area contributed by atoms with Gasteiger partial charge in [0.2, 0.25) is 0 Å². The molecule has 238 valence electrons. The highest BCUT2D eigenvalue weighted by Crippen LogP contribution is 2.35. The highest BCUT2D eigenvalue weighted by atomic mass is 16.5. The Balaban J connectivity index is 1.30. The van der Waals surface area contributed by atoms with Crippen LogP contribution < -0.4 is 14.4 Å². The van der Waals surface area contributed by atoms with Crippen molar-refractivity contribution in [1.29, 1.82) is 0 Å². The molecule has 5 rings (SSSR count). The highest BCUT2D eigenvalue weighted by molar-refractivity contribution is 5.82. The largest absolute Gasteiger partial charge is 0.494 e. The number of anilines is 3. The summed E-state index contributed by atoms with van der Waals surface area (Å²) in [5.41, 5.74) is 8.13. The molecule has 0 aliphatic rings. The van der Waals surface area contributed by atoms with Crippen LogP contribution in [0.1, 0.15) is 72.1 Å². The van der Waals surface area contributed by atoms with E-state index in [4.69, 9.17) is 9.47 Å². The third-order valence-electron chi connectivity index (χ3n) is 7.82. The van der Waals surface area contributed by atoms with Crippen LogP contribution in [-0.2, 0) is 0 Å². The Morgan fingerprint density at radius 2 is 0.745 bits per heavy atom. The summed E-state index contributed by atoms with van der Waals surface area (Å²) in [6, 6.07) is 41.1. The molecule has 0 saturated heterocycles. The first-order chi connectivity index (χ1) is 23.1. The summed E-state index contributed by atoms with van der Waals surface area (Å²) >= 11 is 0. The molecule has 47 heavy (non-hydrogen) atoms. The number of ether oxygens (including phenoxy) is 2. The van der Waals surface area contributed by atoms with Gasteiger partial charge in [-0.1, -0.05) is 99.5 Å². The summed E-state index contributed by atoms with van der Waals surface area (Å²) in [5.74, 6) is 1.81. The first kappa shape index (κ1) is 33.0. The van der Waals surface area contributed by atoms with Gasteiger partial charge in [0.25, 0.3) is 0 Å². The standard InChI is InChI=1S/C43H43NO3/c1-3-5-31-46-42-27-17-36(18-28-42)9-7-34-11-21-39(22-12-34)44(41-25-15-38(33-45)16-26-41)40-23-13-35(14-24-40)8-10-37-19-29-43(30-20-37)47-32-6-4-2/h7-30,33H,3-6,31-32H2,1-2H3/b9-7+,10-8+. The van der Waals surface area contributed by atoms with Crippen LogP contribution in [0.3, 0.4) is 0 Å². The molecule has 0 fully saturated rings. The van der Waals surface area contributed by atoms with Gasteiger partial charge < -0.3 is 14.4 Å². The number of carbonyl (C=O) groups excluding carboxylic acids is 1. The van der Waals surface area contributed by atoms with E-state index >= 15 is 0 Å². The van der Waals surface area contributed by atoms with Crippen molar-refractivity contribution in [2.24, 2.45) is 0 Å². The lowest BCUT2D eigenvalue weighted by Crippen LogP contribution is -2.10. The average molecular weight is 622 g/mol. The smallest absolute Gasteiger partial charge is 0.150 e. The zero-order valence-electron chi connectivity index (χ0n) is 27.3. The summed E-state index contributed by atoms with van der Waals surface area (Å²) in [7, 11) is 0. The van der Waals surface area contributed by atoms with Crippen molar-refractivity contribution in [2.75, 3.05) is 18.1 Å². The van der Waals surface area contributed by atoms with Crippen molar-refractivity contribution in [2.45, 2.75) is 39.5 Å². The highest BCUT2D eigenvalue weighted by Gasteiger charge is 2.12. The fraction of sp³-hybridized carbons (Fsp3) is 0.186. The number of hydrogen-bond acceptors (Lipinski definition) is 4. The lowest BCUT2D eigenvalue weighted by Gasteiger charge is -2.25. The molecule has 5 aromatic rings. The molecular weight excluding hydrogens is 578 g/mol. The lowest BCUT2D eigenvalue weighted by molar-refractivity contribution is 0.112. The minimum Gasteiger partial charge on any atom is -0.494 e. The van der Waals surface area contributed by atoms with Gasteiger partial charge in [0.1, 0.15) is 17.8 Å². The van der Waals surface area contributed by atoms with Gasteiger partial charge in [-0.2, -0.15) is 0 Å². The minimum absolute atomic E-state index is 0.649. The number of carbonyl (C=O) groups is 1. The Labute approximate surface area is 279 Å². The molecule has 0 heterocycles. The van der Waals surface area contributed by atoms with Crippen LogP contribution in [-0.4, -0.2) is 19.5 Å². The van der Waals surface area contributed by atoms with E-state index in [-0.39, 0.29) is 0 Å². The third-order valence-corrected chi connectivity index (χ3v) is 7.82. The van der Waals surface area contributed by atoms with E-state index in [0.717, 1.165) is 96.0 Å². The van der Waals surface area contributed by atoms with Crippen LogP contribution in [0.5, 0.6) is 11.5 Å². The molecule has 0 radical (unpaired) electrons. The molecule has 5 aromatic carbocycles. The van der Waals surface area contributed by atoms with E-state index in [1.54, 1.807) is 0 Å². The van der Waals surface area contributed by atoms with Crippen LogP contribution >= 0.6 is 0 Å². The van der Waals surface area contributed by atoms with Gasteiger partial charge in [-0.05, 0) is 108 Å². The van der Waals surface area contributed by atoms with Gasteiger partial charge in [-0.15, -0.1) is 0 Å². The zero-order valence-corrected chi connectivity index (χ0v) is 27.3. The topological polar surface area (TPSA) is 38.8 Å². The van der Waals surface area contributed by atoms with Gasteiger partial charge in [0.15, 0.2) is 0 Å². The minimum atomic E-state index is 0.649. The quantitative estimate of drug-likeness (QED) is 0.0624. The van der Waals surface area contributed by atoms with E-state index in [2.05, 4.69) is 116 Å². The van der Waals surface area contributed by atoms with Crippen molar-refractivity contribution in [3.63, 3.8) is 0 Å². The molecule has 0 aliphatic carbocycles. The van der Waals surface area contributed by atoms with E-state index in [1.807, 2.05) is 48.5 Å². The van der Waals surface area contributed by atoms with E-state index in [1.165, 1.54) is 0 Å². The second-order valence-electron chi connectivity index (χ2n) is 11.4. The summed E-state index contributed by atoms with van der Waals surface area (Å²) in [6.07, 6.45) is 13.7. The van der Waals surface area contributed by atoms with Crippen molar-refractivity contribution in [3.05, 3.63) is 149 Å². The molecular formula is C43H43NO3. The van der Waals surface area contributed by atoms with E-state index < -0.39 is 0 Å².